The molecule has 2 N–H and O–H groups in total. The standard InChI is InChI=1S/C6H14FN/c1-3-5(2)6(7)4-8/h5-6H,3-4,8H2,1-2H3/t5-,6+/m1/s1. The van der Waals surface area contributed by atoms with E-state index in [0.29, 0.717) is 0 Å². The van der Waals surface area contributed by atoms with Gasteiger partial charge in [0.2, 0.25) is 0 Å². The van der Waals surface area contributed by atoms with Gasteiger partial charge in [-0.3, -0.25) is 0 Å². The van der Waals surface area contributed by atoms with Crippen LogP contribution in [0.25, 0.3) is 0 Å². The summed E-state index contributed by atoms with van der Waals surface area (Å²) in [6.07, 6.45) is 0.0678. The highest BCUT2D eigenvalue weighted by Gasteiger charge is 2.10. The molecule has 0 aliphatic rings. The quantitative estimate of drug-likeness (QED) is 0.596. The maximum Gasteiger partial charge on any atom is 0.115 e. The summed E-state index contributed by atoms with van der Waals surface area (Å²) in [5.41, 5.74) is 5.07. The Hall–Kier alpha value is -0.110. The van der Waals surface area contributed by atoms with Gasteiger partial charge in [0, 0.05) is 6.54 Å². The van der Waals surface area contributed by atoms with Crippen molar-refractivity contribution in [2.45, 2.75) is 26.4 Å². The normalized spacial score (nSPS) is 18.0. The van der Waals surface area contributed by atoms with Crippen molar-refractivity contribution in [1.82, 2.24) is 0 Å². The number of halogens is 1. The monoisotopic (exact) mass is 119 g/mol. The van der Waals surface area contributed by atoms with Crippen LogP contribution in [0.3, 0.4) is 0 Å². The molecule has 0 saturated carbocycles. The lowest BCUT2D eigenvalue weighted by Crippen LogP contribution is -2.22. The van der Waals surface area contributed by atoms with Gasteiger partial charge in [-0.15, -0.1) is 0 Å². The molecule has 0 unspecified atom stereocenters. The minimum absolute atomic E-state index is 0.125. The van der Waals surface area contributed by atoms with Crippen LogP contribution in [0.4, 0.5) is 4.39 Å². The number of hydrogen-bond acceptors (Lipinski definition) is 1. The molecule has 0 aromatic carbocycles. The molecule has 0 amide bonds. The van der Waals surface area contributed by atoms with Gasteiger partial charge in [0.05, 0.1) is 0 Å². The summed E-state index contributed by atoms with van der Waals surface area (Å²) >= 11 is 0. The summed E-state index contributed by atoms with van der Waals surface area (Å²) in [4.78, 5) is 0. The molecule has 0 aromatic heterocycles. The zero-order chi connectivity index (χ0) is 6.57. The third-order valence-electron chi connectivity index (χ3n) is 1.49. The summed E-state index contributed by atoms with van der Waals surface area (Å²) in [5.74, 6) is 0.125. The highest BCUT2D eigenvalue weighted by Crippen LogP contribution is 2.08. The van der Waals surface area contributed by atoms with E-state index in [9.17, 15) is 4.39 Å². The molecular weight excluding hydrogens is 105 g/mol. The minimum Gasteiger partial charge on any atom is -0.328 e. The molecule has 2 atom stereocenters. The molecule has 0 radical (unpaired) electrons. The van der Waals surface area contributed by atoms with Crippen LogP contribution in [0.2, 0.25) is 0 Å². The van der Waals surface area contributed by atoms with Crippen LogP contribution in [0.5, 0.6) is 0 Å². The van der Waals surface area contributed by atoms with Gasteiger partial charge in [-0.25, -0.2) is 4.39 Å². The summed E-state index contributed by atoms with van der Waals surface area (Å²) in [7, 11) is 0. The molecule has 0 rings (SSSR count). The SMILES string of the molecule is CC[C@@H](C)[C@@H](F)CN. The number of rotatable bonds is 3. The average Bonchev–Trinajstić information content (AvgIpc) is 1.84. The van der Waals surface area contributed by atoms with E-state index in [4.69, 9.17) is 5.73 Å². The zero-order valence-corrected chi connectivity index (χ0v) is 5.52. The molecule has 8 heavy (non-hydrogen) atoms. The fraction of sp³-hybridized carbons (Fsp3) is 1.00. The van der Waals surface area contributed by atoms with E-state index in [0.717, 1.165) is 6.42 Å². The maximum absolute atomic E-state index is 12.4. The minimum atomic E-state index is -0.806. The molecule has 0 bridgehead atoms. The van der Waals surface area contributed by atoms with Crippen molar-refractivity contribution < 1.29 is 4.39 Å². The smallest absolute Gasteiger partial charge is 0.115 e. The average molecular weight is 119 g/mol. The second-order valence-electron chi connectivity index (χ2n) is 2.14. The van der Waals surface area contributed by atoms with E-state index in [1.807, 2.05) is 13.8 Å². The third kappa shape index (κ3) is 2.26. The van der Waals surface area contributed by atoms with Crippen molar-refractivity contribution in [1.29, 1.82) is 0 Å². The molecule has 0 aromatic rings. The fourth-order valence-corrected chi connectivity index (χ4v) is 0.488. The molecule has 0 aliphatic carbocycles. The van der Waals surface area contributed by atoms with E-state index in [1.165, 1.54) is 0 Å². The van der Waals surface area contributed by atoms with Crippen molar-refractivity contribution in [3.63, 3.8) is 0 Å². The Labute approximate surface area is 50.1 Å². The van der Waals surface area contributed by atoms with Gasteiger partial charge in [-0.2, -0.15) is 0 Å². The second-order valence-corrected chi connectivity index (χ2v) is 2.14. The van der Waals surface area contributed by atoms with Crippen LogP contribution < -0.4 is 5.73 Å². The van der Waals surface area contributed by atoms with Gasteiger partial charge >= 0.3 is 0 Å². The first-order valence-corrected chi connectivity index (χ1v) is 3.06. The predicted molar refractivity (Wildman–Crippen MR) is 33.4 cm³/mol. The Morgan fingerprint density at radius 1 is 1.62 bits per heavy atom. The van der Waals surface area contributed by atoms with Crippen molar-refractivity contribution in [3.8, 4) is 0 Å². The summed E-state index contributed by atoms with van der Waals surface area (Å²) < 4.78 is 12.4. The first-order valence-electron chi connectivity index (χ1n) is 3.06. The predicted octanol–water partition coefficient (Wildman–Crippen LogP) is 1.33. The summed E-state index contributed by atoms with van der Waals surface area (Å²) in [5, 5.41) is 0. The van der Waals surface area contributed by atoms with Gasteiger partial charge < -0.3 is 5.73 Å². The largest absolute Gasteiger partial charge is 0.328 e. The Morgan fingerprint density at radius 2 is 2.12 bits per heavy atom. The summed E-state index contributed by atoms with van der Waals surface area (Å²) in [6.45, 7) is 4.00. The highest BCUT2D eigenvalue weighted by atomic mass is 19.1. The van der Waals surface area contributed by atoms with E-state index in [-0.39, 0.29) is 12.5 Å². The van der Waals surface area contributed by atoms with Gasteiger partial charge in [0.25, 0.3) is 0 Å². The first kappa shape index (κ1) is 7.89. The Bertz CT molecular complexity index is 48.5. The lowest BCUT2D eigenvalue weighted by molar-refractivity contribution is 0.244. The van der Waals surface area contributed by atoms with E-state index >= 15 is 0 Å². The fourth-order valence-electron chi connectivity index (χ4n) is 0.488. The molecule has 0 spiro atoms. The lowest BCUT2D eigenvalue weighted by atomic mass is 10.0. The molecule has 0 fully saturated rings. The first-order chi connectivity index (χ1) is 3.72. The number of nitrogens with two attached hydrogens (primary N) is 1. The molecular formula is C6H14FN. The van der Waals surface area contributed by atoms with Crippen molar-refractivity contribution in [2.75, 3.05) is 6.54 Å². The number of hydrogen-bond donors (Lipinski definition) is 1. The van der Waals surface area contributed by atoms with Gasteiger partial charge in [0.15, 0.2) is 0 Å². The highest BCUT2D eigenvalue weighted by molar-refractivity contribution is 4.62. The second kappa shape index (κ2) is 3.84. The van der Waals surface area contributed by atoms with Crippen LogP contribution in [-0.4, -0.2) is 12.7 Å². The molecule has 0 aliphatic heterocycles. The maximum atomic E-state index is 12.4. The van der Waals surface area contributed by atoms with Crippen molar-refractivity contribution in [2.24, 2.45) is 11.7 Å². The van der Waals surface area contributed by atoms with Crippen LogP contribution in [0.15, 0.2) is 0 Å². The molecule has 50 valence electrons. The molecule has 0 saturated heterocycles. The van der Waals surface area contributed by atoms with Gasteiger partial charge in [-0.1, -0.05) is 20.3 Å². The molecule has 0 heterocycles. The Morgan fingerprint density at radius 3 is 2.25 bits per heavy atom. The molecule has 1 nitrogen and oxygen atoms in total. The van der Waals surface area contributed by atoms with E-state index < -0.39 is 6.17 Å². The van der Waals surface area contributed by atoms with E-state index in [2.05, 4.69) is 0 Å². The van der Waals surface area contributed by atoms with Crippen LogP contribution in [-0.2, 0) is 0 Å². The zero-order valence-electron chi connectivity index (χ0n) is 5.52. The topological polar surface area (TPSA) is 26.0 Å². The van der Waals surface area contributed by atoms with E-state index in [1.54, 1.807) is 0 Å². The van der Waals surface area contributed by atoms with Gasteiger partial charge in [0.1, 0.15) is 6.17 Å². The Balaban J connectivity index is 3.29. The van der Waals surface area contributed by atoms with Crippen molar-refractivity contribution >= 4 is 0 Å². The van der Waals surface area contributed by atoms with Crippen LogP contribution in [0, 0.1) is 5.92 Å². The van der Waals surface area contributed by atoms with Crippen molar-refractivity contribution in [3.05, 3.63) is 0 Å². The lowest BCUT2D eigenvalue weighted by Gasteiger charge is -2.10. The van der Waals surface area contributed by atoms with Crippen LogP contribution in [0.1, 0.15) is 20.3 Å². The Kier molecular flexibility index (Phi) is 3.79. The van der Waals surface area contributed by atoms with Gasteiger partial charge in [-0.05, 0) is 5.92 Å². The molecule has 2 heteroatoms. The number of alkyl halides is 1. The third-order valence-corrected chi connectivity index (χ3v) is 1.49. The van der Waals surface area contributed by atoms with Crippen LogP contribution >= 0.6 is 0 Å². The summed E-state index contributed by atoms with van der Waals surface area (Å²) in [6, 6.07) is 0.